The molecule has 1 heterocycles. The van der Waals surface area contributed by atoms with Crippen LogP contribution in [0, 0.1) is 17.0 Å². The quantitative estimate of drug-likeness (QED) is 0.265. The highest BCUT2D eigenvalue weighted by atomic mass is 16.6. The number of nitro benzene ring substituents is 1. The van der Waals surface area contributed by atoms with Crippen LogP contribution in [0.5, 0.6) is 11.5 Å². The van der Waals surface area contributed by atoms with Crippen LogP contribution in [0.25, 0.3) is 6.08 Å². The fraction of sp³-hybridized carbons (Fsp3) is 0.227. The van der Waals surface area contributed by atoms with Gasteiger partial charge in [-0.25, -0.2) is 14.6 Å². The number of aryl methyl sites for hydroxylation is 1. The lowest BCUT2D eigenvalue weighted by atomic mass is 10.1. The number of esters is 2. The minimum Gasteiger partial charge on any atom is -0.493 e. The summed E-state index contributed by atoms with van der Waals surface area (Å²) < 4.78 is 20.7. The first kappa shape index (κ1) is 22.5. The summed E-state index contributed by atoms with van der Waals surface area (Å²) in [4.78, 5) is 38.6. The number of nitro groups is 1. The molecule has 0 bridgehead atoms. The Morgan fingerprint density at radius 3 is 2.69 bits per heavy atom. The van der Waals surface area contributed by atoms with Crippen LogP contribution in [0.2, 0.25) is 0 Å². The van der Waals surface area contributed by atoms with Crippen LogP contribution in [-0.4, -0.2) is 43.1 Å². The van der Waals surface area contributed by atoms with Crippen LogP contribution >= 0.6 is 0 Å². The number of aliphatic imine (C=N–C) groups is 1. The van der Waals surface area contributed by atoms with Crippen molar-refractivity contribution in [2.75, 3.05) is 20.3 Å². The topological polar surface area (TPSA) is 127 Å². The monoisotopic (exact) mass is 440 g/mol. The van der Waals surface area contributed by atoms with Crippen molar-refractivity contribution in [3.05, 3.63) is 68.9 Å². The molecule has 0 saturated carbocycles. The van der Waals surface area contributed by atoms with Crippen molar-refractivity contribution in [2.24, 2.45) is 4.99 Å². The second kappa shape index (κ2) is 9.73. The summed E-state index contributed by atoms with van der Waals surface area (Å²) in [6.45, 7) is 3.29. The number of hydrogen-bond acceptors (Lipinski definition) is 9. The first-order valence-corrected chi connectivity index (χ1v) is 9.56. The number of rotatable bonds is 8. The number of methoxy groups -OCH3 is 1. The molecule has 0 fully saturated rings. The van der Waals surface area contributed by atoms with Gasteiger partial charge in [0.25, 0.3) is 5.69 Å². The van der Waals surface area contributed by atoms with E-state index < -0.39 is 16.9 Å². The van der Waals surface area contributed by atoms with E-state index in [1.54, 1.807) is 44.2 Å². The zero-order valence-electron chi connectivity index (χ0n) is 17.6. The Morgan fingerprint density at radius 2 is 2.00 bits per heavy atom. The number of nitrogens with zero attached hydrogens (tertiary/aromatic N) is 2. The molecule has 2 aromatic carbocycles. The van der Waals surface area contributed by atoms with Gasteiger partial charge in [-0.1, -0.05) is 12.1 Å². The first-order valence-electron chi connectivity index (χ1n) is 9.56. The molecule has 0 radical (unpaired) electrons. The molecule has 0 amide bonds. The lowest BCUT2D eigenvalue weighted by Crippen LogP contribution is -2.14. The Balaban J connectivity index is 1.84. The Labute approximate surface area is 183 Å². The average molecular weight is 440 g/mol. The SMILES string of the molecule is CCOC(=O)COc1ccc(/C=C2\N=C(c3ccc(C)c([N+](=O)[O-])c3)OC2=O)cc1OC. The van der Waals surface area contributed by atoms with Gasteiger partial charge in [0.2, 0.25) is 5.90 Å². The molecule has 0 spiro atoms. The molecule has 32 heavy (non-hydrogen) atoms. The lowest BCUT2D eigenvalue weighted by molar-refractivity contribution is -0.385. The summed E-state index contributed by atoms with van der Waals surface area (Å²) in [5.74, 6) is -0.551. The molecule has 0 saturated heterocycles. The summed E-state index contributed by atoms with van der Waals surface area (Å²) in [6.07, 6.45) is 1.48. The highest BCUT2D eigenvalue weighted by Crippen LogP contribution is 2.30. The maximum Gasteiger partial charge on any atom is 0.363 e. The summed E-state index contributed by atoms with van der Waals surface area (Å²) >= 11 is 0. The number of hydrogen-bond donors (Lipinski definition) is 0. The molecular formula is C22H20N2O8. The maximum atomic E-state index is 12.3. The van der Waals surface area contributed by atoms with Crippen LogP contribution in [0.15, 0.2) is 47.1 Å². The third-order valence-corrected chi connectivity index (χ3v) is 4.42. The smallest absolute Gasteiger partial charge is 0.363 e. The largest absolute Gasteiger partial charge is 0.493 e. The summed E-state index contributed by atoms with van der Waals surface area (Å²) in [5, 5.41) is 11.2. The van der Waals surface area contributed by atoms with Crippen molar-refractivity contribution in [3.8, 4) is 11.5 Å². The molecular weight excluding hydrogens is 420 g/mol. The molecule has 0 N–H and O–H groups in total. The molecule has 2 aromatic rings. The summed E-state index contributed by atoms with van der Waals surface area (Å²) in [7, 11) is 1.44. The predicted octanol–water partition coefficient (Wildman–Crippen LogP) is 3.20. The van der Waals surface area contributed by atoms with Gasteiger partial charge in [0, 0.05) is 17.2 Å². The van der Waals surface area contributed by atoms with E-state index in [9.17, 15) is 19.7 Å². The normalized spacial score (nSPS) is 14.0. The molecule has 10 nitrogen and oxygen atoms in total. The Hall–Kier alpha value is -4.21. The highest BCUT2D eigenvalue weighted by Gasteiger charge is 2.26. The van der Waals surface area contributed by atoms with E-state index in [4.69, 9.17) is 18.9 Å². The Morgan fingerprint density at radius 1 is 1.22 bits per heavy atom. The van der Waals surface area contributed by atoms with E-state index in [1.165, 1.54) is 19.3 Å². The zero-order valence-corrected chi connectivity index (χ0v) is 17.6. The van der Waals surface area contributed by atoms with Gasteiger partial charge in [-0.3, -0.25) is 10.1 Å². The molecule has 0 aromatic heterocycles. The van der Waals surface area contributed by atoms with E-state index in [0.717, 1.165) is 0 Å². The van der Waals surface area contributed by atoms with Crippen LogP contribution in [0.4, 0.5) is 5.69 Å². The molecule has 0 aliphatic carbocycles. The van der Waals surface area contributed by atoms with Gasteiger partial charge in [0.15, 0.2) is 23.8 Å². The van der Waals surface area contributed by atoms with Crippen LogP contribution in [0.1, 0.15) is 23.6 Å². The summed E-state index contributed by atoms with van der Waals surface area (Å²) in [5.41, 5.74) is 1.29. The van der Waals surface area contributed by atoms with Gasteiger partial charge in [0.1, 0.15) is 0 Å². The lowest BCUT2D eigenvalue weighted by Gasteiger charge is -2.10. The van der Waals surface area contributed by atoms with Crippen molar-refractivity contribution in [2.45, 2.75) is 13.8 Å². The number of cyclic esters (lactones) is 1. The van der Waals surface area contributed by atoms with Gasteiger partial charge in [-0.15, -0.1) is 0 Å². The van der Waals surface area contributed by atoms with Crippen molar-refractivity contribution >= 4 is 29.6 Å². The third-order valence-electron chi connectivity index (χ3n) is 4.42. The standard InChI is InChI=1S/C22H20N2O8/c1-4-30-20(25)12-31-18-8-6-14(10-19(18)29-3)9-16-22(26)32-21(23-16)15-7-5-13(2)17(11-15)24(27)28/h5-11H,4,12H2,1-3H3/b16-9-. The van der Waals surface area contributed by atoms with Gasteiger partial charge in [0.05, 0.1) is 18.6 Å². The predicted molar refractivity (Wildman–Crippen MR) is 114 cm³/mol. The van der Waals surface area contributed by atoms with Crippen molar-refractivity contribution in [1.82, 2.24) is 0 Å². The molecule has 3 rings (SSSR count). The van der Waals surface area contributed by atoms with Crippen molar-refractivity contribution in [3.63, 3.8) is 0 Å². The van der Waals surface area contributed by atoms with Gasteiger partial charge >= 0.3 is 11.9 Å². The number of carbonyl (C=O) groups is 2. The molecule has 166 valence electrons. The van der Waals surface area contributed by atoms with E-state index in [-0.39, 0.29) is 30.5 Å². The van der Waals surface area contributed by atoms with E-state index in [2.05, 4.69) is 4.99 Å². The Kier molecular flexibility index (Phi) is 6.83. The number of benzene rings is 2. The fourth-order valence-electron chi connectivity index (χ4n) is 2.86. The molecule has 1 aliphatic rings. The second-order valence-electron chi connectivity index (χ2n) is 6.60. The van der Waals surface area contributed by atoms with Crippen molar-refractivity contribution < 1.29 is 33.5 Å². The van der Waals surface area contributed by atoms with E-state index in [0.29, 0.717) is 28.2 Å². The molecule has 0 unspecified atom stereocenters. The van der Waals surface area contributed by atoms with Crippen LogP contribution < -0.4 is 9.47 Å². The average Bonchev–Trinajstić information content (AvgIpc) is 3.13. The van der Waals surface area contributed by atoms with Gasteiger partial charge < -0.3 is 18.9 Å². The molecule has 10 heteroatoms. The van der Waals surface area contributed by atoms with E-state index >= 15 is 0 Å². The summed E-state index contributed by atoms with van der Waals surface area (Å²) in [6, 6.07) is 9.29. The van der Waals surface area contributed by atoms with Crippen molar-refractivity contribution in [1.29, 1.82) is 0 Å². The van der Waals surface area contributed by atoms with Gasteiger partial charge in [-0.2, -0.15) is 0 Å². The minimum atomic E-state index is -0.690. The first-order chi connectivity index (χ1) is 15.3. The molecule has 0 atom stereocenters. The zero-order chi connectivity index (χ0) is 23.3. The van der Waals surface area contributed by atoms with Crippen LogP contribution in [0.3, 0.4) is 0 Å². The molecule has 1 aliphatic heterocycles. The Bertz CT molecular complexity index is 1140. The van der Waals surface area contributed by atoms with Crippen LogP contribution in [-0.2, 0) is 19.1 Å². The highest BCUT2D eigenvalue weighted by molar-refractivity contribution is 6.13. The van der Waals surface area contributed by atoms with E-state index in [1.807, 2.05) is 0 Å². The maximum absolute atomic E-state index is 12.3. The number of ether oxygens (including phenoxy) is 4. The number of carbonyl (C=O) groups excluding carboxylic acids is 2. The fourth-order valence-corrected chi connectivity index (χ4v) is 2.86. The van der Waals surface area contributed by atoms with Gasteiger partial charge in [-0.05, 0) is 43.7 Å². The second-order valence-corrected chi connectivity index (χ2v) is 6.60. The third kappa shape index (κ3) is 5.09. The minimum absolute atomic E-state index is 0.0190.